The first-order chi connectivity index (χ1) is 12.1. The van der Waals surface area contributed by atoms with Crippen LogP contribution in [0.2, 0.25) is 0 Å². The first-order valence-electron chi connectivity index (χ1n) is 7.95. The fourth-order valence-corrected chi connectivity index (χ4v) is 3.44. The molecule has 0 radical (unpaired) electrons. The van der Waals surface area contributed by atoms with Gasteiger partial charge in [-0.25, -0.2) is 0 Å². The SMILES string of the molecule is CC(Sc1nnc(-c2ccco2)n1Cc1ccccc1)C(=O)N(C)C. The van der Waals surface area contributed by atoms with Crippen molar-refractivity contribution in [1.29, 1.82) is 0 Å². The normalized spacial score (nSPS) is 12.1. The molecule has 0 saturated heterocycles. The number of benzene rings is 1. The third-order valence-corrected chi connectivity index (χ3v) is 4.78. The molecule has 25 heavy (non-hydrogen) atoms. The summed E-state index contributed by atoms with van der Waals surface area (Å²) in [5.41, 5.74) is 1.13. The summed E-state index contributed by atoms with van der Waals surface area (Å²) in [7, 11) is 3.50. The molecule has 1 atom stereocenters. The number of furan rings is 1. The monoisotopic (exact) mass is 356 g/mol. The second kappa shape index (κ2) is 7.57. The zero-order valence-corrected chi connectivity index (χ0v) is 15.2. The second-order valence-electron chi connectivity index (χ2n) is 5.85. The summed E-state index contributed by atoms with van der Waals surface area (Å²) in [5, 5.41) is 9.02. The van der Waals surface area contributed by atoms with Crippen LogP contribution in [-0.2, 0) is 11.3 Å². The molecule has 0 aliphatic heterocycles. The van der Waals surface area contributed by atoms with Crippen molar-refractivity contribution in [3.05, 3.63) is 54.3 Å². The zero-order chi connectivity index (χ0) is 17.8. The highest BCUT2D eigenvalue weighted by Crippen LogP contribution is 2.28. The van der Waals surface area contributed by atoms with Crippen LogP contribution in [0, 0.1) is 0 Å². The van der Waals surface area contributed by atoms with Crippen molar-refractivity contribution in [2.24, 2.45) is 0 Å². The van der Waals surface area contributed by atoms with E-state index in [1.54, 1.807) is 25.3 Å². The molecule has 130 valence electrons. The Labute approximate surface area is 150 Å². The number of carbonyl (C=O) groups excluding carboxylic acids is 1. The van der Waals surface area contributed by atoms with E-state index in [0.29, 0.717) is 23.3 Å². The minimum absolute atomic E-state index is 0.0406. The zero-order valence-electron chi connectivity index (χ0n) is 14.4. The van der Waals surface area contributed by atoms with E-state index in [-0.39, 0.29) is 11.2 Å². The van der Waals surface area contributed by atoms with E-state index in [1.807, 2.05) is 41.8 Å². The van der Waals surface area contributed by atoms with Gasteiger partial charge in [-0.05, 0) is 24.6 Å². The van der Waals surface area contributed by atoms with Crippen molar-refractivity contribution in [2.75, 3.05) is 14.1 Å². The van der Waals surface area contributed by atoms with Gasteiger partial charge >= 0.3 is 0 Å². The van der Waals surface area contributed by atoms with Crippen LogP contribution in [0.3, 0.4) is 0 Å². The topological polar surface area (TPSA) is 64.2 Å². The average molecular weight is 356 g/mol. The van der Waals surface area contributed by atoms with Gasteiger partial charge in [0, 0.05) is 14.1 Å². The number of nitrogens with zero attached hydrogens (tertiary/aromatic N) is 4. The van der Waals surface area contributed by atoms with Gasteiger partial charge < -0.3 is 9.32 Å². The van der Waals surface area contributed by atoms with Gasteiger partial charge in [-0.1, -0.05) is 42.1 Å². The molecule has 1 unspecified atom stereocenters. The van der Waals surface area contributed by atoms with Crippen molar-refractivity contribution in [3.8, 4) is 11.6 Å². The van der Waals surface area contributed by atoms with Crippen molar-refractivity contribution in [3.63, 3.8) is 0 Å². The Morgan fingerprint density at radius 1 is 1.20 bits per heavy atom. The van der Waals surface area contributed by atoms with E-state index in [9.17, 15) is 4.79 Å². The highest BCUT2D eigenvalue weighted by molar-refractivity contribution is 8.00. The van der Waals surface area contributed by atoms with Gasteiger partial charge in [0.2, 0.25) is 11.7 Å². The molecular formula is C18H20N4O2S. The molecular weight excluding hydrogens is 336 g/mol. The van der Waals surface area contributed by atoms with Gasteiger partial charge in [-0.2, -0.15) is 0 Å². The van der Waals surface area contributed by atoms with E-state index in [1.165, 1.54) is 11.8 Å². The molecule has 0 saturated carbocycles. The predicted octanol–water partition coefficient (Wildman–Crippen LogP) is 3.16. The van der Waals surface area contributed by atoms with Crippen LogP contribution in [-0.4, -0.2) is 44.9 Å². The summed E-state index contributed by atoms with van der Waals surface area (Å²) < 4.78 is 7.48. The summed E-state index contributed by atoms with van der Waals surface area (Å²) >= 11 is 1.40. The summed E-state index contributed by atoms with van der Waals surface area (Å²) in [4.78, 5) is 13.8. The summed E-state index contributed by atoms with van der Waals surface area (Å²) in [6.07, 6.45) is 1.61. The van der Waals surface area contributed by atoms with Crippen LogP contribution in [0.5, 0.6) is 0 Å². The fraction of sp³-hybridized carbons (Fsp3) is 0.278. The summed E-state index contributed by atoms with van der Waals surface area (Å²) in [5.74, 6) is 1.35. The van der Waals surface area contributed by atoms with Gasteiger partial charge in [-0.15, -0.1) is 10.2 Å². The lowest BCUT2D eigenvalue weighted by molar-refractivity contribution is -0.127. The van der Waals surface area contributed by atoms with E-state index in [0.717, 1.165) is 5.56 Å². The van der Waals surface area contributed by atoms with Crippen LogP contribution in [0.4, 0.5) is 0 Å². The molecule has 0 bridgehead atoms. The third-order valence-electron chi connectivity index (χ3n) is 3.71. The molecule has 0 spiro atoms. The number of rotatable bonds is 6. The molecule has 1 aromatic carbocycles. The van der Waals surface area contributed by atoms with Crippen molar-refractivity contribution in [1.82, 2.24) is 19.7 Å². The molecule has 0 fully saturated rings. The van der Waals surface area contributed by atoms with Crippen molar-refractivity contribution >= 4 is 17.7 Å². The lowest BCUT2D eigenvalue weighted by Gasteiger charge is -2.16. The van der Waals surface area contributed by atoms with E-state index in [2.05, 4.69) is 22.3 Å². The Morgan fingerprint density at radius 2 is 1.96 bits per heavy atom. The maximum Gasteiger partial charge on any atom is 0.235 e. The molecule has 2 heterocycles. The van der Waals surface area contributed by atoms with Crippen LogP contribution < -0.4 is 0 Å². The maximum absolute atomic E-state index is 12.2. The van der Waals surface area contributed by atoms with Crippen molar-refractivity contribution < 1.29 is 9.21 Å². The molecule has 1 amide bonds. The quantitative estimate of drug-likeness (QED) is 0.635. The Balaban J connectivity index is 1.94. The molecule has 0 aliphatic carbocycles. The van der Waals surface area contributed by atoms with Gasteiger partial charge in [0.1, 0.15) is 0 Å². The smallest absolute Gasteiger partial charge is 0.235 e. The molecule has 3 aromatic rings. The van der Waals surface area contributed by atoms with Crippen molar-refractivity contribution in [2.45, 2.75) is 23.9 Å². The fourth-order valence-electron chi connectivity index (χ4n) is 2.44. The Kier molecular flexibility index (Phi) is 5.23. The lowest BCUT2D eigenvalue weighted by atomic mass is 10.2. The van der Waals surface area contributed by atoms with Crippen LogP contribution in [0.1, 0.15) is 12.5 Å². The van der Waals surface area contributed by atoms with Gasteiger partial charge in [0.15, 0.2) is 10.9 Å². The Bertz CT molecular complexity index is 828. The maximum atomic E-state index is 12.2. The minimum atomic E-state index is -0.252. The van der Waals surface area contributed by atoms with Crippen LogP contribution in [0.25, 0.3) is 11.6 Å². The highest BCUT2D eigenvalue weighted by Gasteiger charge is 2.22. The number of hydrogen-bond donors (Lipinski definition) is 0. The molecule has 0 aliphatic rings. The summed E-state index contributed by atoms with van der Waals surface area (Å²) in [6.45, 7) is 2.48. The number of amides is 1. The molecule has 3 rings (SSSR count). The first kappa shape index (κ1) is 17.3. The molecule has 6 nitrogen and oxygen atoms in total. The number of thioether (sulfide) groups is 1. The van der Waals surface area contributed by atoms with Gasteiger partial charge in [0.25, 0.3) is 0 Å². The molecule has 2 aromatic heterocycles. The third kappa shape index (κ3) is 3.93. The van der Waals surface area contributed by atoms with E-state index < -0.39 is 0 Å². The number of hydrogen-bond acceptors (Lipinski definition) is 5. The highest BCUT2D eigenvalue weighted by atomic mass is 32.2. The van der Waals surface area contributed by atoms with Crippen LogP contribution in [0.15, 0.2) is 58.3 Å². The number of carbonyl (C=O) groups is 1. The van der Waals surface area contributed by atoms with Gasteiger partial charge in [-0.3, -0.25) is 9.36 Å². The Morgan fingerprint density at radius 3 is 2.60 bits per heavy atom. The summed E-state index contributed by atoms with van der Waals surface area (Å²) in [6, 6.07) is 13.8. The predicted molar refractivity (Wildman–Crippen MR) is 97.3 cm³/mol. The van der Waals surface area contributed by atoms with Gasteiger partial charge in [0.05, 0.1) is 18.1 Å². The second-order valence-corrected chi connectivity index (χ2v) is 7.16. The standard InChI is InChI=1S/C18H20N4O2S/c1-13(17(23)21(2)3)25-18-20-19-16(15-10-7-11-24-15)22(18)12-14-8-5-4-6-9-14/h4-11,13H,12H2,1-3H3. The first-order valence-corrected chi connectivity index (χ1v) is 8.83. The molecule has 7 heteroatoms. The van der Waals surface area contributed by atoms with Crippen LogP contribution >= 0.6 is 11.8 Å². The Hall–Kier alpha value is -2.54. The average Bonchev–Trinajstić information content (AvgIpc) is 3.25. The van der Waals surface area contributed by atoms with E-state index in [4.69, 9.17) is 4.42 Å². The number of aromatic nitrogens is 3. The minimum Gasteiger partial charge on any atom is -0.461 e. The van der Waals surface area contributed by atoms with E-state index >= 15 is 0 Å². The molecule has 0 N–H and O–H groups in total. The largest absolute Gasteiger partial charge is 0.461 e. The lowest BCUT2D eigenvalue weighted by Crippen LogP contribution is -2.29.